The largest absolute Gasteiger partial charge is 0.340 e. The average Bonchev–Trinajstić information content (AvgIpc) is 2.55. The Morgan fingerprint density at radius 1 is 1.83 bits per heavy atom. The van der Waals surface area contributed by atoms with Gasteiger partial charge in [-0.25, -0.2) is 4.98 Å². The summed E-state index contributed by atoms with van der Waals surface area (Å²) in [6, 6.07) is 0. The Bertz CT molecular complexity index is 248. The van der Waals surface area contributed by atoms with Gasteiger partial charge in [-0.2, -0.15) is 12.6 Å². The summed E-state index contributed by atoms with van der Waals surface area (Å²) in [4.78, 5) is 17.0. The van der Waals surface area contributed by atoms with Gasteiger partial charge in [0, 0.05) is 24.7 Å². The molecule has 1 aromatic rings. The number of amides is 1. The first-order chi connectivity index (χ1) is 5.75. The third-order valence-corrected chi connectivity index (χ3v) is 2.22. The Morgan fingerprint density at radius 3 is 3.08 bits per heavy atom. The first-order valence-electron chi connectivity index (χ1n) is 3.50. The first kappa shape index (κ1) is 9.54. The van der Waals surface area contributed by atoms with Gasteiger partial charge < -0.3 is 4.90 Å². The van der Waals surface area contributed by atoms with Gasteiger partial charge in [0.1, 0.15) is 5.69 Å². The van der Waals surface area contributed by atoms with Crippen molar-refractivity contribution >= 4 is 29.9 Å². The standard InChI is InChI=1S/C7H10N2OS2/c1-9(2-3-11)7(10)6-4-12-5-8-6/h4-5,11H,2-3H2,1H3. The minimum absolute atomic E-state index is 0.0368. The van der Waals surface area contributed by atoms with E-state index >= 15 is 0 Å². The number of nitrogens with zero attached hydrogens (tertiary/aromatic N) is 2. The van der Waals surface area contributed by atoms with Gasteiger partial charge in [-0.3, -0.25) is 4.79 Å². The summed E-state index contributed by atoms with van der Waals surface area (Å²) in [6.07, 6.45) is 0. The van der Waals surface area contributed by atoms with Crippen LogP contribution in [0.1, 0.15) is 10.5 Å². The van der Waals surface area contributed by atoms with Crippen LogP contribution in [0.5, 0.6) is 0 Å². The molecule has 0 atom stereocenters. The molecular weight excluding hydrogens is 192 g/mol. The summed E-state index contributed by atoms with van der Waals surface area (Å²) in [5.41, 5.74) is 2.17. The normalized spacial score (nSPS) is 9.83. The third kappa shape index (κ3) is 2.22. The van der Waals surface area contributed by atoms with Crippen molar-refractivity contribution in [3.8, 4) is 0 Å². The third-order valence-electron chi connectivity index (χ3n) is 1.43. The molecule has 0 aliphatic carbocycles. The molecular formula is C7H10N2OS2. The number of aromatic nitrogens is 1. The fourth-order valence-electron chi connectivity index (χ4n) is 0.765. The van der Waals surface area contributed by atoms with Crippen molar-refractivity contribution in [1.82, 2.24) is 9.88 Å². The molecule has 0 spiro atoms. The minimum Gasteiger partial charge on any atom is -0.340 e. The Balaban J connectivity index is 2.59. The average molecular weight is 202 g/mol. The highest BCUT2D eigenvalue weighted by Crippen LogP contribution is 2.03. The van der Waals surface area contributed by atoms with Crippen molar-refractivity contribution in [2.24, 2.45) is 0 Å². The molecule has 3 nitrogen and oxygen atoms in total. The lowest BCUT2D eigenvalue weighted by atomic mass is 10.4. The van der Waals surface area contributed by atoms with E-state index in [0.29, 0.717) is 18.0 Å². The van der Waals surface area contributed by atoms with Gasteiger partial charge in [-0.15, -0.1) is 11.3 Å². The SMILES string of the molecule is CN(CCS)C(=O)c1cscn1. The first-order valence-corrected chi connectivity index (χ1v) is 5.07. The summed E-state index contributed by atoms with van der Waals surface area (Å²) >= 11 is 5.47. The summed E-state index contributed by atoms with van der Waals surface area (Å²) in [7, 11) is 1.75. The Labute approximate surface area is 80.8 Å². The van der Waals surface area contributed by atoms with E-state index < -0.39 is 0 Å². The maximum absolute atomic E-state index is 11.4. The fourth-order valence-corrected chi connectivity index (χ4v) is 1.59. The number of carbonyl (C=O) groups is 1. The molecule has 66 valence electrons. The van der Waals surface area contributed by atoms with Gasteiger partial charge in [0.05, 0.1) is 5.51 Å². The molecule has 0 saturated heterocycles. The van der Waals surface area contributed by atoms with Crippen molar-refractivity contribution in [3.05, 3.63) is 16.6 Å². The molecule has 0 saturated carbocycles. The topological polar surface area (TPSA) is 33.2 Å². The van der Waals surface area contributed by atoms with Crippen LogP contribution in [0.2, 0.25) is 0 Å². The fraction of sp³-hybridized carbons (Fsp3) is 0.429. The van der Waals surface area contributed by atoms with Gasteiger partial charge >= 0.3 is 0 Å². The predicted octanol–water partition coefficient (Wildman–Crippen LogP) is 1.14. The van der Waals surface area contributed by atoms with E-state index in [-0.39, 0.29) is 5.91 Å². The molecule has 0 fully saturated rings. The zero-order chi connectivity index (χ0) is 8.97. The minimum atomic E-state index is -0.0368. The van der Waals surface area contributed by atoms with E-state index in [1.54, 1.807) is 22.8 Å². The van der Waals surface area contributed by atoms with Crippen LogP contribution in [0.4, 0.5) is 0 Å². The van der Waals surface area contributed by atoms with Crippen molar-refractivity contribution < 1.29 is 4.79 Å². The maximum Gasteiger partial charge on any atom is 0.273 e. The van der Waals surface area contributed by atoms with Crippen LogP contribution in [0.15, 0.2) is 10.9 Å². The van der Waals surface area contributed by atoms with E-state index in [2.05, 4.69) is 17.6 Å². The van der Waals surface area contributed by atoms with Crippen LogP contribution in [-0.2, 0) is 0 Å². The molecule has 0 radical (unpaired) electrons. The molecule has 0 aliphatic heterocycles. The van der Waals surface area contributed by atoms with Crippen LogP contribution in [0.25, 0.3) is 0 Å². The Morgan fingerprint density at radius 2 is 2.58 bits per heavy atom. The molecule has 0 unspecified atom stereocenters. The second-order valence-electron chi connectivity index (χ2n) is 2.32. The molecule has 0 N–H and O–H groups in total. The highest BCUT2D eigenvalue weighted by atomic mass is 32.1. The van der Waals surface area contributed by atoms with Gasteiger partial charge in [-0.05, 0) is 0 Å². The lowest BCUT2D eigenvalue weighted by Crippen LogP contribution is -2.28. The molecule has 1 heterocycles. The zero-order valence-corrected chi connectivity index (χ0v) is 8.44. The number of carbonyl (C=O) groups excluding carboxylic acids is 1. The second-order valence-corrected chi connectivity index (χ2v) is 3.49. The van der Waals surface area contributed by atoms with Crippen LogP contribution < -0.4 is 0 Å². The van der Waals surface area contributed by atoms with E-state index in [0.717, 1.165) is 0 Å². The number of hydrogen-bond donors (Lipinski definition) is 1. The van der Waals surface area contributed by atoms with Gasteiger partial charge in [0.15, 0.2) is 0 Å². The van der Waals surface area contributed by atoms with E-state index in [1.165, 1.54) is 11.3 Å². The van der Waals surface area contributed by atoms with E-state index in [9.17, 15) is 4.79 Å². The molecule has 0 bridgehead atoms. The van der Waals surface area contributed by atoms with Crippen molar-refractivity contribution in [2.45, 2.75) is 0 Å². The van der Waals surface area contributed by atoms with Crippen LogP contribution >= 0.6 is 24.0 Å². The van der Waals surface area contributed by atoms with Crippen LogP contribution in [0, 0.1) is 0 Å². The summed E-state index contributed by atoms with van der Waals surface area (Å²) < 4.78 is 0. The Hall–Kier alpha value is -0.550. The van der Waals surface area contributed by atoms with E-state index in [1.807, 2.05) is 0 Å². The highest BCUT2D eigenvalue weighted by Gasteiger charge is 2.11. The monoisotopic (exact) mass is 202 g/mol. The molecule has 0 aliphatic rings. The van der Waals surface area contributed by atoms with Crippen molar-refractivity contribution in [2.75, 3.05) is 19.3 Å². The van der Waals surface area contributed by atoms with Crippen molar-refractivity contribution in [1.29, 1.82) is 0 Å². The van der Waals surface area contributed by atoms with E-state index in [4.69, 9.17) is 0 Å². The van der Waals surface area contributed by atoms with Gasteiger partial charge in [0.25, 0.3) is 5.91 Å². The highest BCUT2D eigenvalue weighted by molar-refractivity contribution is 7.80. The van der Waals surface area contributed by atoms with Crippen molar-refractivity contribution in [3.63, 3.8) is 0 Å². The molecule has 12 heavy (non-hydrogen) atoms. The Kier molecular flexibility index (Phi) is 3.55. The lowest BCUT2D eigenvalue weighted by molar-refractivity contribution is 0.0799. The molecule has 1 aromatic heterocycles. The molecule has 1 rings (SSSR count). The van der Waals surface area contributed by atoms with Gasteiger partial charge in [0.2, 0.25) is 0 Å². The zero-order valence-electron chi connectivity index (χ0n) is 6.73. The maximum atomic E-state index is 11.4. The second kappa shape index (κ2) is 4.47. The lowest BCUT2D eigenvalue weighted by Gasteiger charge is -2.13. The number of hydrogen-bond acceptors (Lipinski definition) is 4. The summed E-state index contributed by atoms with van der Waals surface area (Å²) in [6.45, 7) is 0.652. The summed E-state index contributed by atoms with van der Waals surface area (Å²) in [5.74, 6) is 0.636. The predicted molar refractivity (Wildman–Crippen MR) is 52.9 cm³/mol. The quantitative estimate of drug-likeness (QED) is 0.746. The smallest absolute Gasteiger partial charge is 0.273 e. The number of thiazole rings is 1. The number of thiol groups is 1. The molecule has 5 heteroatoms. The number of rotatable bonds is 3. The van der Waals surface area contributed by atoms with Crippen LogP contribution in [-0.4, -0.2) is 35.1 Å². The summed E-state index contributed by atoms with van der Waals surface area (Å²) in [5, 5.41) is 1.75. The molecule has 1 amide bonds. The van der Waals surface area contributed by atoms with Gasteiger partial charge in [-0.1, -0.05) is 0 Å². The molecule has 0 aromatic carbocycles. The van der Waals surface area contributed by atoms with Crippen LogP contribution in [0.3, 0.4) is 0 Å².